The lowest BCUT2D eigenvalue weighted by Gasteiger charge is -2.11. The van der Waals surface area contributed by atoms with E-state index in [1.165, 1.54) is 6.92 Å². The summed E-state index contributed by atoms with van der Waals surface area (Å²) in [6, 6.07) is 0. The van der Waals surface area contributed by atoms with E-state index in [1.807, 2.05) is 0 Å². The highest BCUT2D eigenvalue weighted by molar-refractivity contribution is 5.82. The summed E-state index contributed by atoms with van der Waals surface area (Å²) in [4.78, 5) is 11.5. The Hall–Kier alpha value is -1.50. The monoisotopic (exact) mass is 296 g/mol. The standard InChI is InChI=1S/C13H13F5O2/c1-3-20-6(2)8(19)5-4-7-9(14)11(16)13(18)12(17)10(7)15/h6H,3-5H2,1-2H3. The van der Waals surface area contributed by atoms with Crippen LogP contribution in [-0.2, 0) is 16.0 Å². The van der Waals surface area contributed by atoms with E-state index in [2.05, 4.69) is 0 Å². The molecule has 7 heteroatoms. The number of ketones is 1. The van der Waals surface area contributed by atoms with Gasteiger partial charge in [0, 0.05) is 18.6 Å². The summed E-state index contributed by atoms with van der Waals surface area (Å²) >= 11 is 0. The van der Waals surface area contributed by atoms with Crippen LogP contribution in [0.5, 0.6) is 0 Å². The molecule has 0 aliphatic rings. The summed E-state index contributed by atoms with van der Waals surface area (Å²) in [6.07, 6.45) is -1.75. The first-order chi connectivity index (χ1) is 9.31. The van der Waals surface area contributed by atoms with Crippen LogP contribution in [0.2, 0.25) is 0 Å². The maximum absolute atomic E-state index is 13.3. The largest absolute Gasteiger partial charge is 0.371 e. The third-order valence-electron chi connectivity index (χ3n) is 2.79. The summed E-state index contributed by atoms with van der Waals surface area (Å²) in [6.45, 7) is 3.38. The van der Waals surface area contributed by atoms with Crippen LogP contribution in [0.3, 0.4) is 0 Å². The van der Waals surface area contributed by atoms with Crippen LogP contribution < -0.4 is 0 Å². The van der Waals surface area contributed by atoms with Gasteiger partial charge in [-0.2, -0.15) is 0 Å². The third kappa shape index (κ3) is 3.33. The summed E-state index contributed by atoms with van der Waals surface area (Å²) in [5, 5.41) is 0. The molecule has 0 heterocycles. The molecule has 0 spiro atoms. The van der Waals surface area contributed by atoms with Crippen molar-refractivity contribution in [1.29, 1.82) is 0 Å². The summed E-state index contributed by atoms with van der Waals surface area (Å²) in [5.74, 6) is -10.5. The van der Waals surface area contributed by atoms with Gasteiger partial charge in [-0.05, 0) is 20.3 Å². The summed E-state index contributed by atoms with van der Waals surface area (Å²) in [5.41, 5.74) is -0.988. The number of hydrogen-bond donors (Lipinski definition) is 0. The molecule has 0 saturated heterocycles. The molecular weight excluding hydrogens is 283 g/mol. The molecule has 1 atom stereocenters. The molecule has 2 nitrogen and oxygen atoms in total. The molecule has 0 aromatic heterocycles. The number of ether oxygens (including phenoxy) is 1. The first-order valence-corrected chi connectivity index (χ1v) is 5.95. The molecule has 0 amide bonds. The fraction of sp³-hybridized carbons (Fsp3) is 0.462. The minimum absolute atomic E-state index is 0.273. The zero-order valence-corrected chi connectivity index (χ0v) is 10.9. The van der Waals surface area contributed by atoms with E-state index in [4.69, 9.17) is 4.74 Å². The fourth-order valence-corrected chi connectivity index (χ4v) is 1.66. The van der Waals surface area contributed by atoms with E-state index < -0.39 is 53.0 Å². The normalized spacial score (nSPS) is 12.6. The van der Waals surface area contributed by atoms with Crippen molar-refractivity contribution >= 4 is 5.78 Å². The van der Waals surface area contributed by atoms with Gasteiger partial charge in [0.2, 0.25) is 5.82 Å². The minimum Gasteiger partial charge on any atom is -0.371 e. The van der Waals surface area contributed by atoms with E-state index >= 15 is 0 Å². The molecule has 1 aromatic carbocycles. The van der Waals surface area contributed by atoms with E-state index in [1.54, 1.807) is 6.92 Å². The molecule has 0 saturated carbocycles. The van der Waals surface area contributed by atoms with E-state index in [0.29, 0.717) is 0 Å². The number of carbonyl (C=O) groups excluding carboxylic acids is 1. The number of halogens is 5. The molecule has 1 aromatic rings. The number of hydrogen-bond acceptors (Lipinski definition) is 2. The second-order valence-electron chi connectivity index (χ2n) is 4.11. The molecule has 0 aliphatic heterocycles. The Morgan fingerprint density at radius 1 is 1.00 bits per heavy atom. The Labute approximate surface area is 112 Å². The van der Waals surface area contributed by atoms with Crippen molar-refractivity contribution in [2.75, 3.05) is 6.61 Å². The van der Waals surface area contributed by atoms with Crippen molar-refractivity contribution in [2.45, 2.75) is 32.8 Å². The van der Waals surface area contributed by atoms with Crippen molar-refractivity contribution in [1.82, 2.24) is 0 Å². The van der Waals surface area contributed by atoms with Gasteiger partial charge < -0.3 is 4.74 Å². The van der Waals surface area contributed by atoms with Gasteiger partial charge in [-0.15, -0.1) is 0 Å². The Bertz CT molecular complexity index is 487. The summed E-state index contributed by atoms with van der Waals surface area (Å²) < 4.78 is 70.3. The van der Waals surface area contributed by atoms with Gasteiger partial charge in [0.15, 0.2) is 29.1 Å². The van der Waals surface area contributed by atoms with Crippen LogP contribution in [0.4, 0.5) is 22.0 Å². The Balaban J connectivity index is 2.92. The first-order valence-electron chi connectivity index (χ1n) is 5.95. The second-order valence-corrected chi connectivity index (χ2v) is 4.11. The lowest BCUT2D eigenvalue weighted by molar-refractivity contribution is -0.129. The topological polar surface area (TPSA) is 26.3 Å². The quantitative estimate of drug-likeness (QED) is 0.457. The van der Waals surface area contributed by atoms with E-state index in [0.717, 1.165) is 0 Å². The van der Waals surface area contributed by atoms with E-state index in [-0.39, 0.29) is 13.0 Å². The highest BCUT2D eigenvalue weighted by atomic mass is 19.2. The van der Waals surface area contributed by atoms with Crippen LogP contribution in [0.15, 0.2) is 0 Å². The van der Waals surface area contributed by atoms with Crippen LogP contribution in [0.25, 0.3) is 0 Å². The average molecular weight is 296 g/mol. The SMILES string of the molecule is CCOC(C)C(=O)CCc1c(F)c(F)c(F)c(F)c1F. The zero-order chi connectivity index (χ0) is 15.4. The Morgan fingerprint density at radius 2 is 1.45 bits per heavy atom. The van der Waals surface area contributed by atoms with Crippen LogP contribution in [0.1, 0.15) is 25.8 Å². The van der Waals surface area contributed by atoms with Crippen molar-refractivity contribution in [3.63, 3.8) is 0 Å². The Kier molecular flexibility index (Phi) is 5.62. The smallest absolute Gasteiger partial charge is 0.200 e. The van der Waals surface area contributed by atoms with Gasteiger partial charge >= 0.3 is 0 Å². The molecule has 0 fully saturated rings. The third-order valence-corrected chi connectivity index (χ3v) is 2.79. The van der Waals surface area contributed by atoms with Crippen molar-refractivity contribution in [3.05, 3.63) is 34.6 Å². The molecule has 112 valence electrons. The predicted octanol–water partition coefficient (Wildman–Crippen LogP) is 3.31. The molecule has 0 radical (unpaired) electrons. The molecule has 0 bridgehead atoms. The zero-order valence-electron chi connectivity index (χ0n) is 10.9. The fourth-order valence-electron chi connectivity index (χ4n) is 1.66. The van der Waals surface area contributed by atoms with Gasteiger partial charge in [-0.25, -0.2) is 22.0 Å². The summed E-state index contributed by atoms with van der Waals surface area (Å²) in [7, 11) is 0. The number of benzene rings is 1. The molecular formula is C13H13F5O2. The van der Waals surface area contributed by atoms with Gasteiger partial charge in [0.05, 0.1) is 0 Å². The number of Topliss-reactive ketones (excluding diaryl/α,β-unsaturated/α-hetero) is 1. The van der Waals surface area contributed by atoms with Crippen molar-refractivity contribution in [2.24, 2.45) is 0 Å². The average Bonchev–Trinajstić information content (AvgIpc) is 2.43. The molecule has 0 N–H and O–H groups in total. The van der Waals surface area contributed by atoms with Gasteiger partial charge in [-0.1, -0.05) is 0 Å². The van der Waals surface area contributed by atoms with Crippen LogP contribution >= 0.6 is 0 Å². The minimum atomic E-state index is -2.21. The molecule has 1 rings (SSSR count). The van der Waals surface area contributed by atoms with Gasteiger partial charge in [-0.3, -0.25) is 4.79 Å². The maximum Gasteiger partial charge on any atom is 0.200 e. The second kappa shape index (κ2) is 6.78. The highest BCUT2D eigenvalue weighted by Gasteiger charge is 2.26. The number of carbonyl (C=O) groups is 1. The van der Waals surface area contributed by atoms with Crippen LogP contribution in [-0.4, -0.2) is 18.5 Å². The lowest BCUT2D eigenvalue weighted by atomic mass is 10.0. The van der Waals surface area contributed by atoms with Crippen LogP contribution in [0, 0.1) is 29.1 Å². The highest BCUT2D eigenvalue weighted by Crippen LogP contribution is 2.24. The number of rotatable bonds is 6. The molecule has 0 aliphatic carbocycles. The molecule has 20 heavy (non-hydrogen) atoms. The van der Waals surface area contributed by atoms with Crippen molar-refractivity contribution in [3.8, 4) is 0 Å². The predicted molar refractivity (Wildman–Crippen MR) is 60.6 cm³/mol. The van der Waals surface area contributed by atoms with Crippen molar-refractivity contribution < 1.29 is 31.5 Å². The Morgan fingerprint density at radius 3 is 1.90 bits per heavy atom. The lowest BCUT2D eigenvalue weighted by Crippen LogP contribution is -2.21. The van der Waals surface area contributed by atoms with E-state index in [9.17, 15) is 26.7 Å². The van der Waals surface area contributed by atoms with Gasteiger partial charge in [0.25, 0.3) is 0 Å². The maximum atomic E-state index is 13.3. The van der Waals surface area contributed by atoms with Gasteiger partial charge in [0.1, 0.15) is 6.10 Å². The molecule has 1 unspecified atom stereocenters. The first kappa shape index (κ1) is 16.6.